The molecule has 208 valence electrons. The highest BCUT2D eigenvalue weighted by atomic mass is 32.2. The molecule has 0 aliphatic carbocycles. The van der Waals surface area contributed by atoms with Gasteiger partial charge in [0, 0.05) is 37.7 Å². The summed E-state index contributed by atoms with van der Waals surface area (Å²) >= 11 is 1.16. The number of nitriles is 1. The number of anilines is 2. The predicted molar refractivity (Wildman–Crippen MR) is 159 cm³/mol. The Labute approximate surface area is 240 Å². The summed E-state index contributed by atoms with van der Waals surface area (Å²) in [6, 6.07) is 17.5. The van der Waals surface area contributed by atoms with Crippen LogP contribution in [0.2, 0.25) is 0 Å². The maximum Gasteiger partial charge on any atom is 0.262 e. The van der Waals surface area contributed by atoms with Gasteiger partial charge in [-0.05, 0) is 44.7 Å². The Morgan fingerprint density at radius 1 is 1.23 bits per heavy atom. The van der Waals surface area contributed by atoms with Crippen molar-refractivity contribution >= 4 is 40.9 Å². The number of carbonyl (C=O) groups is 3. The van der Waals surface area contributed by atoms with Gasteiger partial charge >= 0.3 is 0 Å². The lowest BCUT2D eigenvalue weighted by molar-refractivity contribution is -0.128. The molecule has 3 rings (SSSR count). The van der Waals surface area contributed by atoms with Crippen LogP contribution in [0.3, 0.4) is 0 Å². The predicted octanol–water partition coefficient (Wildman–Crippen LogP) is 3.15. The van der Waals surface area contributed by atoms with Gasteiger partial charge in [-0.1, -0.05) is 53.6 Å². The molecule has 1 heterocycles. The van der Waals surface area contributed by atoms with E-state index in [1.807, 2.05) is 67.4 Å². The number of amides is 3. The number of thioether (sulfide) groups is 1. The number of rotatable bonds is 11. The third kappa shape index (κ3) is 7.66. The van der Waals surface area contributed by atoms with Gasteiger partial charge in [0.2, 0.25) is 11.8 Å². The van der Waals surface area contributed by atoms with Crippen LogP contribution < -0.4 is 15.5 Å². The number of likely N-dealkylation sites (N-methyl/N-ethyl adjacent to an activating group) is 3. The molecule has 2 N–H and O–H groups in total. The van der Waals surface area contributed by atoms with Crippen molar-refractivity contribution in [2.75, 3.05) is 43.9 Å². The molecule has 2 aromatic rings. The highest BCUT2D eigenvalue weighted by Crippen LogP contribution is 2.39. The Morgan fingerprint density at radius 2 is 1.98 bits per heavy atom. The molecule has 2 aromatic carbocycles. The maximum atomic E-state index is 13.0. The topological polar surface area (TPSA) is 109 Å². The second-order valence-corrected chi connectivity index (χ2v) is 10.6. The molecule has 40 heavy (non-hydrogen) atoms. The van der Waals surface area contributed by atoms with E-state index in [1.165, 1.54) is 10.5 Å². The first kappa shape index (κ1) is 30.3. The smallest absolute Gasteiger partial charge is 0.262 e. The van der Waals surface area contributed by atoms with Crippen molar-refractivity contribution in [2.24, 2.45) is 5.92 Å². The number of benzene rings is 2. The van der Waals surface area contributed by atoms with Gasteiger partial charge in [-0.3, -0.25) is 19.3 Å². The summed E-state index contributed by atoms with van der Waals surface area (Å²) in [5.41, 5.74) is 3.71. The van der Waals surface area contributed by atoms with Crippen molar-refractivity contribution in [3.8, 4) is 18.4 Å². The van der Waals surface area contributed by atoms with E-state index in [-0.39, 0.29) is 24.9 Å². The van der Waals surface area contributed by atoms with Crippen LogP contribution in [0.5, 0.6) is 0 Å². The molecule has 1 aliphatic heterocycles. The Hall–Kier alpha value is -4.25. The largest absolute Gasteiger partial charge is 0.360 e. The van der Waals surface area contributed by atoms with Crippen LogP contribution in [0, 0.1) is 36.5 Å². The molecule has 0 bridgehead atoms. The maximum absolute atomic E-state index is 13.0. The van der Waals surface area contributed by atoms with E-state index in [2.05, 4.69) is 22.6 Å². The number of hydrogen-bond acceptors (Lipinski definition) is 7. The molecule has 9 nitrogen and oxygen atoms in total. The van der Waals surface area contributed by atoms with Gasteiger partial charge in [0.1, 0.15) is 5.37 Å². The molecule has 0 saturated carbocycles. The number of hydrogen-bond donors (Lipinski definition) is 2. The average molecular weight is 559 g/mol. The van der Waals surface area contributed by atoms with Crippen molar-refractivity contribution in [1.82, 2.24) is 15.1 Å². The Kier molecular flexibility index (Phi) is 10.8. The molecular formula is C30H34N6O3S. The molecule has 1 aliphatic rings. The van der Waals surface area contributed by atoms with Gasteiger partial charge in [-0.15, -0.1) is 6.42 Å². The first-order valence-corrected chi connectivity index (χ1v) is 13.7. The fraction of sp³-hybridized carbons (Fsp3) is 0.333. The van der Waals surface area contributed by atoms with Crippen molar-refractivity contribution in [3.63, 3.8) is 0 Å². The summed E-state index contributed by atoms with van der Waals surface area (Å²) in [5.74, 6) is 0.408. The minimum Gasteiger partial charge on any atom is -0.360 e. The zero-order valence-electron chi connectivity index (χ0n) is 23.2. The van der Waals surface area contributed by atoms with E-state index in [9.17, 15) is 19.6 Å². The fourth-order valence-electron chi connectivity index (χ4n) is 4.28. The second-order valence-electron chi connectivity index (χ2n) is 9.45. The fourth-order valence-corrected chi connectivity index (χ4v) is 5.58. The first-order valence-electron chi connectivity index (χ1n) is 12.8. The van der Waals surface area contributed by atoms with E-state index < -0.39 is 17.2 Å². The van der Waals surface area contributed by atoms with Gasteiger partial charge in [-0.2, -0.15) is 5.26 Å². The summed E-state index contributed by atoms with van der Waals surface area (Å²) in [5, 5.41) is 14.6. The van der Waals surface area contributed by atoms with Crippen molar-refractivity contribution in [1.29, 1.82) is 5.26 Å². The van der Waals surface area contributed by atoms with E-state index in [4.69, 9.17) is 6.42 Å². The number of nitrogens with zero attached hydrogens (tertiary/aromatic N) is 4. The lowest BCUT2D eigenvalue weighted by Gasteiger charge is -2.24. The van der Waals surface area contributed by atoms with Crippen LogP contribution in [-0.2, 0) is 20.9 Å². The third-order valence-electron chi connectivity index (χ3n) is 6.36. The standard InChI is InChI=1S/C30H34N6O3S/c1-6-14-32-28(38)25(17-31)30-36(7-2)29(39)26(40-30)18-33-23-12-9-13-24(16-23)35(5)27(37)20-34(4)19-22-11-8-10-21(3)15-22/h1,8-13,15-16,18,25,30,33H,7,14,19-20H2,2-5H3,(H,32,38)/b26-18+/t25-,30?/m1/s1. The Morgan fingerprint density at radius 3 is 2.65 bits per heavy atom. The van der Waals surface area contributed by atoms with Crippen LogP contribution in [0.25, 0.3) is 0 Å². The van der Waals surface area contributed by atoms with Crippen LogP contribution in [0.4, 0.5) is 11.4 Å². The van der Waals surface area contributed by atoms with E-state index >= 15 is 0 Å². The molecule has 1 unspecified atom stereocenters. The quantitative estimate of drug-likeness (QED) is 0.322. The van der Waals surface area contributed by atoms with Crippen LogP contribution in [0.15, 0.2) is 59.6 Å². The summed E-state index contributed by atoms with van der Waals surface area (Å²) < 4.78 is 0. The monoisotopic (exact) mass is 558 g/mol. The van der Waals surface area contributed by atoms with Crippen LogP contribution >= 0.6 is 11.8 Å². The SMILES string of the molecule is C#CCNC(=O)[C@@H](C#N)C1S/C(=C/Nc2cccc(N(C)C(=O)CN(C)Cc3cccc(C)c3)c2)C(=O)N1CC. The lowest BCUT2D eigenvalue weighted by atomic mass is 10.1. The zero-order valence-corrected chi connectivity index (χ0v) is 24.0. The Bertz CT molecular complexity index is 1360. The summed E-state index contributed by atoms with van der Waals surface area (Å²) in [6.45, 7) is 5.11. The summed E-state index contributed by atoms with van der Waals surface area (Å²) in [6.07, 6.45) is 6.77. The summed E-state index contributed by atoms with van der Waals surface area (Å²) in [7, 11) is 3.64. The van der Waals surface area contributed by atoms with Crippen LogP contribution in [-0.4, -0.2) is 66.6 Å². The number of aryl methyl sites for hydroxylation is 1. The molecule has 1 fully saturated rings. The molecule has 1 saturated heterocycles. The molecule has 0 spiro atoms. The number of nitrogens with one attached hydrogen (secondary N) is 2. The molecule has 0 radical (unpaired) electrons. The first-order chi connectivity index (χ1) is 19.2. The Balaban J connectivity index is 1.66. The van der Waals surface area contributed by atoms with E-state index in [0.29, 0.717) is 29.4 Å². The minimum atomic E-state index is -1.07. The number of carbonyl (C=O) groups excluding carboxylic acids is 3. The van der Waals surface area contributed by atoms with Gasteiger partial charge in [0.25, 0.3) is 5.91 Å². The van der Waals surface area contributed by atoms with Crippen molar-refractivity contribution < 1.29 is 14.4 Å². The normalized spacial score (nSPS) is 16.4. The molecule has 3 amide bonds. The molecular weight excluding hydrogens is 524 g/mol. The van der Waals surface area contributed by atoms with Crippen molar-refractivity contribution in [3.05, 3.63) is 70.8 Å². The molecule has 2 atom stereocenters. The number of terminal acetylenes is 1. The molecule has 10 heteroatoms. The van der Waals surface area contributed by atoms with Crippen LogP contribution in [0.1, 0.15) is 18.1 Å². The second kappa shape index (κ2) is 14.2. The van der Waals surface area contributed by atoms with Gasteiger partial charge in [-0.25, -0.2) is 0 Å². The summed E-state index contributed by atoms with van der Waals surface area (Å²) in [4.78, 5) is 43.9. The van der Waals surface area contributed by atoms with E-state index in [0.717, 1.165) is 17.3 Å². The average Bonchev–Trinajstić information content (AvgIpc) is 3.25. The van der Waals surface area contributed by atoms with Gasteiger partial charge in [0.05, 0.1) is 24.1 Å². The zero-order chi connectivity index (χ0) is 29.2. The van der Waals surface area contributed by atoms with Gasteiger partial charge < -0.3 is 20.4 Å². The third-order valence-corrected chi connectivity index (χ3v) is 7.67. The highest BCUT2D eigenvalue weighted by Gasteiger charge is 2.43. The minimum absolute atomic E-state index is 0.00895. The highest BCUT2D eigenvalue weighted by molar-refractivity contribution is 8.05. The van der Waals surface area contributed by atoms with Crippen molar-refractivity contribution in [2.45, 2.75) is 25.8 Å². The van der Waals surface area contributed by atoms with E-state index in [1.54, 1.807) is 25.1 Å². The lowest BCUT2D eigenvalue weighted by Crippen LogP contribution is -2.43. The molecule has 0 aromatic heterocycles. The van der Waals surface area contributed by atoms with Gasteiger partial charge in [0.15, 0.2) is 5.92 Å².